The Morgan fingerprint density at radius 3 is 2.22 bits per heavy atom. The lowest BCUT2D eigenvalue weighted by Crippen LogP contribution is -2.34. The van der Waals surface area contributed by atoms with Gasteiger partial charge in [-0.15, -0.1) is 0 Å². The molecule has 0 spiro atoms. The predicted octanol–water partition coefficient (Wildman–Crippen LogP) is 0.284. The lowest BCUT2D eigenvalue weighted by atomic mass is 9.94. The van der Waals surface area contributed by atoms with Crippen LogP contribution in [0.4, 0.5) is 0 Å². The van der Waals surface area contributed by atoms with Gasteiger partial charge in [0.2, 0.25) is 5.91 Å². The molecule has 0 bridgehead atoms. The molecule has 18 heavy (non-hydrogen) atoms. The normalized spacial score (nSPS) is 13.3. The van der Waals surface area contributed by atoms with Crippen molar-refractivity contribution in [3.05, 3.63) is 0 Å². The van der Waals surface area contributed by atoms with Gasteiger partial charge in [0.15, 0.2) is 9.84 Å². The fourth-order valence-electron chi connectivity index (χ4n) is 1.70. The second kappa shape index (κ2) is 7.35. The highest BCUT2D eigenvalue weighted by Crippen LogP contribution is 2.14. The van der Waals surface area contributed by atoms with Crippen LogP contribution in [0, 0.1) is 11.8 Å². The Morgan fingerprint density at radius 1 is 1.28 bits per heavy atom. The first-order valence-corrected chi connectivity index (χ1v) is 7.82. The van der Waals surface area contributed by atoms with Gasteiger partial charge in [-0.25, -0.2) is 8.42 Å². The molecule has 0 unspecified atom stereocenters. The molecule has 0 saturated carbocycles. The predicted molar refractivity (Wildman–Crippen MR) is 67.9 cm³/mol. The first-order valence-electron chi connectivity index (χ1n) is 5.76. The van der Waals surface area contributed by atoms with Crippen LogP contribution in [-0.2, 0) is 19.4 Å². The standard InChI is InChI=1S/C11H21NO5S/c1-8(2)4-9(5-11(14)15)6-12-10(13)7-18(3,16)17/h8-9H,4-7H2,1-3H3,(H,12,13)(H,14,15)/t9-/m0/s1. The second-order valence-electron chi connectivity index (χ2n) is 4.97. The summed E-state index contributed by atoms with van der Waals surface area (Å²) in [6.45, 7) is 4.12. The third-order valence-electron chi connectivity index (χ3n) is 2.25. The van der Waals surface area contributed by atoms with Crippen LogP contribution in [0.5, 0.6) is 0 Å². The number of hydrogen-bond donors (Lipinski definition) is 2. The number of nitrogens with one attached hydrogen (secondary N) is 1. The van der Waals surface area contributed by atoms with E-state index in [1.54, 1.807) is 0 Å². The van der Waals surface area contributed by atoms with Gasteiger partial charge in [-0.1, -0.05) is 13.8 Å². The van der Waals surface area contributed by atoms with Crippen LogP contribution in [0.15, 0.2) is 0 Å². The Balaban J connectivity index is 4.25. The van der Waals surface area contributed by atoms with E-state index in [9.17, 15) is 18.0 Å². The van der Waals surface area contributed by atoms with E-state index < -0.39 is 27.5 Å². The number of carbonyl (C=O) groups excluding carboxylic acids is 1. The van der Waals surface area contributed by atoms with Gasteiger partial charge in [0.05, 0.1) is 0 Å². The molecule has 0 saturated heterocycles. The van der Waals surface area contributed by atoms with Crippen molar-refractivity contribution in [1.29, 1.82) is 0 Å². The first-order chi connectivity index (χ1) is 8.10. The monoisotopic (exact) mass is 279 g/mol. The summed E-state index contributed by atoms with van der Waals surface area (Å²) in [5.41, 5.74) is 0. The van der Waals surface area contributed by atoms with Crippen LogP contribution in [-0.4, -0.2) is 44.0 Å². The van der Waals surface area contributed by atoms with Crippen LogP contribution in [0.3, 0.4) is 0 Å². The molecule has 0 radical (unpaired) electrons. The molecule has 0 aromatic heterocycles. The van der Waals surface area contributed by atoms with Gasteiger partial charge in [0.25, 0.3) is 0 Å². The highest BCUT2D eigenvalue weighted by atomic mass is 32.2. The molecule has 0 aromatic carbocycles. The molecule has 1 atom stereocenters. The topological polar surface area (TPSA) is 101 Å². The molecule has 106 valence electrons. The second-order valence-corrected chi connectivity index (χ2v) is 7.11. The zero-order chi connectivity index (χ0) is 14.3. The fourth-order valence-corrected chi connectivity index (χ4v) is 2.28. The van der Waals surface area contributed by atoms with Crippen molar-refractivity contribution >= 4 is 21.7 Å². The summed E-state index contributed by atoms with van der Waals surface area (Å²) in [4.78, 5) is 22.0. The Morgan fingerprint density at radius 2 is 1.83 bits per heavy atom. The van der Waals surface area contributed by atoms with Gasteiger partial charge in [-0.2, -0.15) is 0 Å². The van der Waals surface area contributed by atoms with E-state index >= 15 is 0 Å². The number of carbonyl (C=O) groups is 2. The number of carboxylic acids is 1. The summed E-state index contributed by atoms with van der Waals surface area (Å²) in [5.74, 6) is -1.92. The summed E-state index contributed by atoms with van der Waals surface area (Å²) >= 11 is 0. The van der Waals surface area contributed by atoms with Gasteiger partial charge < -0.3 is 10.4 Å². The Labute approximate surface area is 108 Å². The van der Waals surface area contributed by atoms with Gasteiger partial charge >= 0.3 is 5.97 Å². The van der Waals surface area contributed by atoms with Crippen molar-refractivity contribution < 1.29 is 23.1 Å². The first kappa shape index (κ1) is 16.9. The molecule has 0 rings (SSSR count). The van der Waals surface area contributed by atoms with Crippen molar-refractivity contribution in [2.45, 2.75) is 26.7 Å². The van der Waals surface area contributed by atoms with Gasteiger partial charge in [-0.05, 0) is 18.3 Å². The third-order valence-corrected chi connectivity index (χ3v) is 3.04. The maximum Gasteiger partial charge on any atom is 0.303 e. The minimum absolute atomic E-state index is 0.0304. The zero-order valence-electron chi connectivity index (χ0n) is 11.0. The third kappa shape index (κ3) is 10.1. The number of aliphatic carboxylic acids is 1. The Bertz CT molecular complexity index is 388. The number of hydrogen-bond acceptors (Lipinski definition) is 4. The minimum Gasteiger partial charge on any atom is -0.481 e. The molecule has 0 fully saturated rings. The van der Waals surface area contributed by atoms with Crippen LogP contribution in [0.1, 0.15) is 26.7 Å². The Kier molecular flexibility index (Phi) is 6.90. The molecule has 0 aliphatic heterocycles. The van der Waals surface area contributed by atoms with Crippen molar-refractivity contribution in [2.75, 3.05) is 18.6 Å². The number of amides is 1. The quantitative estimate of drug-likeness (QED) is 0.665. The van der Waals surface area contributed by atoms with E-state index in [4.69, 9.17) is 5.11 Å². The maximum absolute atomic E-state index is 11.3. The van der Waals surface area contributed by atoms with Crippen molar-refractivity contribution in [3.8, 4) is 0 Å². The molecular weight excluding hydrogens is 258 g/mol. The SMILES string of the molecule is CC(C)C[C@H](CNC(=O)CS(C)(=O)=O)CC(=O)O. The van der Waals surface area contributed by atoms with Crippen LogP contribution >= 0.6 is 0 Å². The molecule has 0 aliphatic carbocycles. The maximum atomic E-state index is 11.3. The molecule has 2 N–H and O–H groups in total. The fraction of sp³-hybridized carbons (Fsp3) is 0.818. The highest BCUT2D eigenvalue weighted by molar-refractivity contribution is 7.91. The van der Waals surface area contributed by atoms with E-state index in [0.717, 1.165) is 6.26 Å². The van der Waals surface area contributed by atoms with Gasteiger partial charge in [0, 0.05) is 19.2 Å². The van der Waals surface area contributed by atoms with Crippen molar-refractivity contribution in [3.63, 3.8) is 0 Å². The highest BCUT2D eigenvalue weighted by Gasteiger charge is 2.17. The van der Waals surface area contributed by atoms with Crippen molar-refractivity contribution in [1.82, 2.24) is 5.32 Å². The largest absolute Gasteiger partial charge is 0.481 e. The molecule has 0 aromatic rings. The summed E-state index contributed by atoms with van der Waals surface area (Å²) in [6.07, 6.45) is 1.62. The number of rotatable bonds is 8. The van der Waals surface area contributed by atoms with E-state index in [-0.39, 0.29) is 18.9 Å². The van der Waals surface area contributed by atoms with Crippen LogP contribution in [0.25, 0.3) is 0 Å². The lowest BCUT2D eigenvalue weighted by molar-refractivity contribution is -0.138. The van der Waals surface area contributed by atoms with Crippen molar-refractivity contribution in [2.24, 2.45) is 11.8 Å². The number of carboxylic acid groups (broad SMARTS) is 1. The lowest BCUT2D eigenvalue weighted by Gasteiger charge is -2.17. The summed E-state index contributed by atoms with van der Waals surface area (Å²) in [5, 5.41) is 11.2. The number of sulfone groups is 1. The van der Waals surface area contributed by atoms with E-state index in [2.05, 4.69) is 5.32 Å². The molecule has 6 nitrogen and oxygen atoms in total. The molecule has 0 aliphatic rings. The van der Waals surface area contributed by atoms with Crippen LogP contribution in [0.2, 0.25) is 0 Å². The smallest absolute Gasteiger partial charge is 0.303 e. The van der Waals surface area contributed by atoms with E-state index in [1.165, 1.54) is 0 Å². The molecular formula is C11H21NO5S. The summed E-state index contributed by atoms with van der Waals surface area (Å²) < 4.78 is 21.8. The van der Waals surface area contributed by atoms with E-state index in [1.807, 2.05) is 13.8 Å². The molecule has 1 amide bonds. The van der Waals surface area contributed by atoms with Gasteiger partial charge in [-0.3, -0.25) is 9.59 Å². The summed E-state index contributed by atoms with van der Waals surface area (Å²) in [6, 6.07) is 0. The van der Waals surface area contributed by atoms with Gasteiger partial charge in [0.1, 0.15) is 5.75 Å². The molecule has 7 heteroatoms. The van der Waals surface area contributed by atoms with Crippen LogP contribution < -0.4 is 5.32 Å². The summed E-state index contributed by atoms with van der Waals surface area (Å²) in [7, 11) is -3.35. The minimum atomic E-state index is -3.35. The average Bonchev–Trinajstić information content (AvgIpc) is 2.09. The zero-order valence-corrected chi connectivity index (χ0v) is 11.8. The Hall–Kier alpha value is -1.11. The molecule has 0 heterocycles. The average molecular weight is 279 g/mol. The van der Waals surface area contributed by atoms with E-state index in [0.29, 0.717) is 12.3 Å².